The molecular weight excluding hydrogens is 311 g/mol. The molecule has 0 spiro atoms. The molecule has 5 nitrogen and oxygen atoms in total. The van der Waals surface area contributed by atoms with Crippen molar-refractivity contribution in [2.75, 3.05) is 6.54 Å². The van der Waals surface area contributed by atoms with Gasteiger partial charge in [-0.25, -0.2) is 4.98 Å². The maximum Gasteiger partial charge on any atom is 0.404 e. The van der Waals surface area contributed by atoms with Crippen LogP contribution in [0.1, 0.15) is 17.8 Å². The molecule has 0 aliphatic carbocycles. The van der Waals surface area contributed by atoms with Crippen LogP contribution in [-0.4, -0.2) is 44.1 Å². The molecule has 8 heteroatoms. The zero-order valence-electron chi connectivity index (χ0n) is 12.4. The molecule has 0 radical (unpaired) electrons. The molecule has 1 fully saturated rings. The van der Waals surface area contributed by atoms with Crippen molar-refractivity contribution in [3.05, 3.63) is 35.8 Å². The summed E-state index contributed by atoms with van der Waals surface area (Å²) in [5.74, 6) is -2.18. The largest absolute Gasteiger partial charge is 0.481 e. The van der Waals surface area contributed by atoms with Crippen molar-refractivity contribution in [3.8, 4) is 0 Å². The number of halogens is 3. The highest BCUT2D eigenvalue weighted by Crippen LogP contribution is 2.36. The van der Waals surface area contributed by atoms with Gasteiger partial charge in [0.15, 0.2) is 0 Å². The number of nitrogens with zero attached hydrogens (tertiary/aromatic N) is 3. The Balaban J connectivity index is 1.93. The van der Waals surface area contributed by atoms with E-state index < -0.39 is 30.5 Å². The highest BCUT2D eigenvalue weighted by Gasteiger charge is 2.50. The van der Waals surface area contributed by atoms with Crippen LogP contribution in [0, 0.1) is 12.8 Å². The van der Waals surface area contributed by atoms with Crippen LogP contribution >= 0.6 is 0 Å². The third-order valence-corrected chi connectivity index (χ3v) is 4.31. The molecular formula is C15H16F3N3O2. The standard InChI is InChI=1S/C15H16F3N3O2/c1-9-11(21-5-3-2-4-13(21)19-9)8-20-7-10(14(22)23)6-12(20)15(16,17)18/h2-5,10,12H,6-8H2,1H3,(H,22,23). The van der Waals surface area contributed by atoms with E-state index in [1.165, 1.54) is 4.90 Å². The topological polar surface area (TPSA) is 57.8 Å². The number of pyridine rings is 1. The number of fused-ring (bicyclic) bond motifs is 1. The van der Waals surface area contributed by atoms with E-state index in [2.05, 4.69) is 4.98 Å². The number of imidazole rings is 1. The number of aliphatic carboxylic acids is 1. The molecule has 1 aliphatic rings. The fourth-order valence-electron chi connectivity index (χ4n) is 3.14. The Morgan fingerprint density at radius 1 is 1.43 bits per heavy atom. The second-order valence-corrected chi connectivity index (χ2v) is 5.83. The summed E-state index contributed by atoms with van der Waals surface area (Å²) in [7, 11) is 0. The number of hydrogen-bond donors (Lipinski definition) is 1. The molecule has 124 valence electrons. The van der Waals surface area contributed by atoms with E-state index in [-0.39, 0.29) is 13.1 Å². The van der Waals surface area contributed by atoms with Crippen molar-refractivity contribution in [2.24, 2.45) is 5.92 Å². The Hall–Kier alpha value is -2.09. The molecule has 23 heavy (non-hydrogen) atoms. The second-order valence-electron chi connectivity index (χ2n) is 5.83. The Labute approximate surface area is 130 Å². The van der Waals surface area contributed by atoms with Crippen molar-refractivity contribution in [1.82, 2.24) is 14.3 Å². The molecule has 0 aromatic carbocycles. The van der Waals surface area contributed by atoms with E-state index >= 15 is 0 Å². The summed E-state index contributed by atoms with van der Waals surface area (Å²) in [6, 6.07) is 3.63. The lowest BCUT2D eigenvalue weighted by Crippen LogP contribution is -2.40. The van der Waals surface area contributed by atoms with E-state index in [0.29, 0.717) is 17.0 Å². The fourth-order valence-corrected chi connectivity index (χ4v) is 3.14. The van der Waals surface area contributed by atoms with Gasteiger partial charge in [-0.1, -0.05) is 6.07 Å². The lowest BCUT2D eigenvalue weighted by molar-refractivity contribution is -0.177. The zero-order chi connectivity index (χ0) is 16.8. The predicted octanol–water partition coefficient (Wildman–Crippen LogP) is 2.48. The molecule has 2 aromatic rings. The molecule has 3 heterocycles. The van der Waals surface area contributed by atoms with Gasteiger partial charge in [0.05, 0.1) is 17.3 Å². The predicted molar refractivity (Wildman–Crippen MR) is 75.9 cm³/mol. The van der Waals surface area contributed by atoms with Crippen LogP contribution in [0.4, 0.5) is 13.2 Å². The van der Waals surface area contributed by atoms with Gasteiger partial charge < -0.3 is 9.51 Å². The third kappa shape index (κ3) is 2.90. The number of aromatic nitrogens is 2. The molecule has 2 aromatic heterocycles. The van der Waals surface area contributed by atoms with Gasteiger partial charge in [-0.05, 0) is 25.5 Å². The van der Waals surface area contributed by atoms with Gasteiger partial charge >= 0.3 is 12.1 Å². The first-order chi connectivity index (χ1) is 10.8. The van der Waals surface area contributed by atoms with E-state index in [1.807, 2.05) is 0 Å². The van der Waals surface area contributed by atoms with Gasteiger partial charge in [0.1, 0.15) is 11.7 Å². The number of carbonyl (C=O) groups is 1. The first kappa shape index (κ1) is 15.8. The first-order valence-corrected chi connectivity index (χ1v) is 7.23. The molecule has 0 amide bonds. The Morgan fingerprint density at radius 2 is 2.17 bits per heavy atom. The summed E-state index contributed by atoms with van der Waals surface area (Å²) in [6.07, 6.45) is -3.11. The summed E-state index contributed by atoms with van der Waals surface area (Å²) in [5, 5.41) is 9.06. The summed E-state index contributed by atoms with van der Waals surface area (Å²) in [5.41, 5.74) is 1.97. The fraction of sp³-hybridized carbons (Fsp3) is 0.467. The molecule has 1 saturated heterocycles. The van der Waals surface area contributed by atoms with Gasteiger partial charge in [-0.2, -0.15) is 13.2 Å². The molecule has 3 rings (SSSR count). The molecule has 1 aliphatic heterocycles. The Kier molecular flexibility index (Phi) is 3.79. The summed E-state index contributed by atoms with van der Waals surface area (Å²) < 4.78 is 41.4. The highest BCUT2D eigenvalue weighted by molar-refractivity contribution is 5.70. The minimum absolute atomic E-state index is 0.0188. The molecule has 0 bridgehead atoms. The van der Waals surface area contributed by atoms with Gasteiger partial charge in [0.25, 0.3) is 0 Å². The second kappa shape index (κ2) is 5.52. The van der Waals surface area contributed by atoms with Gasteiger partial charge in [-0.15, -0.1) is 0 Å². The quantitative estimate of drug-likeness (QED) is 0.941. The minimum Gasteiger partial charge on any atom is -0.481 e. The maximum absolute atomic E-state index is 13.2. The average molecular weight is 327 g/mol. The SMILES string of the molecule is Cc1nc2ccccn2c1CN1CC(C(=O)O)CC1C(F)(F)F. The van der Waals surface area contributed by atoms with Gasteiger partial charge in [0, 0.05) is 19.3 Å². The van der Waals surface area contributed by atoms with E-state index in [4.69, 9.17) is 5.11 Å². The van der Waals surface area contributed by atoms with E-state index in [1.54, 1.807) is 35.7 Å². The molecule has 1 N–H and O–H groups in total. The van der Waals surface area contributed by atoms with Crippen molar-refractivity contribution in [1.29, 1.82) is 0 Å². The van der Waals surface area contributed by atoms with E-state index in [0.717, 1.165) is 0 Å². The number of likely N-dealkylation sites (tertiary alicyclic amines) is 1. The van der Waals surface area contributed by atoms with E-state index in [9.17, 15) is 18.0 Å². The van der Waals surface area contributed by atoms with Crippen molar-refractivity contribution in [3.63, 3.8) is 0 Å². The number of carboxylic acid groups (broad SMARTS) is 1. The lowest BCUT2D eigenvalue weighted by Gasteiger charge is -2.26. The molecule has 2 atom stereocenters. The third-order valence-electron chi connectivity index (χ3n) is 4.31. The van der Waals surface area contributed by atoms with Crippen LogP contribution in [0.5, 0.6) is 0 Å². The van der Waals surface area contributed by atoms with Crippen molar-refractivity contribution < 1.29 is 23.1 Å². The summed E-state index contributed by atoms with van der Waals surface area (Å²) in [4.78, 5) is 16.6. The molecule has 0 saturated carbocycles. The molecule has 2 unspecified atom stereocenters. The monoisotopic (exact) mass is 327 g/mol. The highest BCUT2D eigenvalue weighted by atomic mass is 19.4. The van der Waals surface area contributed by atoms with Crippen LogP contribution in [0.15, 0.2) is 24.4 Å². The maximum atomic E-state index is 13.2. The number of rotatable bonds is 3. The van der Waals surface area contributed by atoms with Gasteiger partial charge in [0.2, 0.25) is 0 Å². The smallest absolute Gasteiger partial charge is 0.404 e. The number of aryl methyl sites for hydroxylation is 1. The lowest BCUT2D eigenvalue weighted by atomic mass is 10.1. The van der Waals surface area contributed by atoms with Crippen molar-refractivity contribution >= 4 is 11.6 Å². The first-order valence-electron chi connectivity index (χ1n) is 7.23. The van der Waals surface area contributed by atoms with Crippen LogP contribution in [0.2, 0.25) is 0 Å². The number of carboxylic acids is 1. The van der Waals surface area contributed by atoms with Crippen LogP contribution in [-0.2, 0) is 11.3 Å². The number of hydrogen-bond acceptors (Lipinski definition) is 3. The normalized spacial score (nSPS) is 22.8. The Morgan fingerprint density at radius 3 is 2.83 bits per heavy atom. The van der Waals surface area contributed by atoms with Gasteiger partial charge in [-0.3, -0.25) is 9.69 Å². The minimum atomic E-state index is -4.45. The van der Waals surface area contributed by atoms with Crippen LogP contribution in [0.3, 0.4) is 0 Å². The van der Waals surface area contributed by atoms with Crippen LogP contribution < -0.4 is 0 Å². The summed E-state index contributed by atoms with van der Waals surface area (Å²) >= 11 is 0. The Bertz CT molecular complexity index is 741. The number of alkyl halides is 3. The van der Waals surface area contributed by atoms with Crippen LogP contribution in [0.25, 0.3) is 5.65 Å². The average Bonchev–Trinajstić information content (AvgIpc) is 3.01. The van der Waals surface area contributed by atoms with Crippen molar-refractivity contribution in [2.45, 2.75) is 32.1 Å². The summed E-state index contributed by atoms with van der Waals surface area (Å²) in [6.45, 7) is 1.65. The zero-order valence-corrected chi connectivity index (χ0v) is 12.4.